The maximum atomic E-state index is 12.6. The number of morpholine rings is 1. The Kier molecular flexibility index (Phi) is 4.63. The Labute approximate surface area is 123 Å². The topological polar surface area (TPSA) is 29.5 Å². The maximum Gasteiger partial charge on any atom is 0.254 e. The van der Waals surface area contributed by atoms with Crippen LogP contribution in [0.25, 0.3) is 0 Å². The average Bonchev–Trinajstić information content (AvgIpc) is 2.40. The summed E-state index contributed by atoms with van der Waals surface area (Å²) >= 11 is 3.43. The predicted octanol–water partition coefficient (Wildman–Crippen LogP) is 2.93. The first-order valence-corrected chi connectivity index (χ1v) is 7.72. The van der Waals surface area contributed by atoms with Crippen LogP contribution in [0.15, 0.2) is 18.2 Å². The summed E-state index contributed by atoms with van der Waals surface area (Å²) in [6.45, 7) is 7.37. The number of hydrogen-bond donors (Lipinski definition) is 0. The quantitative estimate of drug-likeness (QED) is 0.782. The van der Waals surface area contributed by atoms with Gasteiger partial charge in [0.25, 0.3) is 5.91 Å². The Hall–Kier alpha value is -0.870. The number of carbonyl (C=O) groups is 1. The van der Waals surface area contributed by atoms with Gasteiger partial charge >= 0.3 is 0 Å². The second-order valence-corrected chi connectivity index (χ2v) is 5.83. The monoisotopic (exact) mass is 325 g/mol. The summed E-state index contributed by atoms with van der Waals surface area (Å²) < 4.78 is 5.76. The molecule has 1 aliphatic rings. The molecule has 1 aromatic carbocycles. The van der Waals surface area contributed by atoms with Gasteiger partial charge < -0.3 is 9.64 Å². The lowest BCUT2D eigenvalue weighted by atomic mass is 10.0. The standard InChI is InChI=1S/C15H20BrNO2/c1-10-5-4-6-14(12(10)3)15(18)17-8-11(2)19-13(7-16)9-17/h4-6,11,13H,7-9H2,1-3H3. The Morgan fingerprint density at radius 3 is 2.84 bits per heavy atom. The number of rotatable bonds is 2. The van der Waals surface area contributed by atoms with Gasteiger partial charge in [0, 0.05) is 24.0 Å². The molecule has 2 atom stereocenters. The van der Waals surface area contributed by atoms with E-state index >= 15 is 0 Å². The van der Waals surface area contributed by atoms with Crippen LogP contribution in [0, 0.1) is 13.8 Å². The molecule has 4 heteroatoms. The van der Waals surface area contributed by atoms with Crippen LogP contribution in [-0.2, 0) is 4.74 Å². The van der Waals surface area contributed by atoms with Gasteiger partial charge in [0.15, 0.2) is 0 Å². The Morgan fingerprint density at radius 2 is 2.16 bits per heavy atom. The highest BCUT2D eigenvalue weighted by Crippen LogP contribution is 2.19. The van der Waals surface area contributed by atoms with Gasteiger partial charge in [0.1, 0.15) is 0 Å². The summed E-state index contributed by atoms with van der Waals surface area (Å²) in [5.74, 6) is 0.113. The van der Waals surface area contributed by atoms with Crippen molar-refractivity contribution in [2.75, 3.05) is 18.4 Å². The summed E-state index contributed by atoms with van der Waals surface area (Å²) in [6.07, 6.45) is 0.170. The number of halogens is 1. The summed E-state index contributed by atoms with van der Waals surface area (Å²) in [6, 6.07) is 5.89. The van der Waals surface area contributed by atoms with Crippen LogP contribution in [-0.4, -0.2) is 41.4 Å². The van der Waals surface area contributed by atoms with E-state index in [1.165, 1.54) is 0 Å². The molecule has 2 rings (SSSR count). The van der Waals surface area contributed by atoms with Crippen molar-refractivity contribution < 1.29 is 9.53 Å². The fraction of sp³-hybridized carbons (Fsp3) is 0.533. The molecule has 0 saturated carbocycles. The van der Waals surface area contributed by atoms with E-state index in [9.17, 15) is 4.79 Å². The van der Waals surface area contributed by atoms with E-state index in [4.69, 9.17) is 4.74 Å². The maximum absolute atomic E-state index is 12.6. The molecule has 0 aromatic heterocycles. The van der Waals surface area contributed by atoms with Crippen molar-refractivity contribution in [2.45, 2.75) is 33.0 Å². The number of aryl methyl sites for hydroxylation is 1. The zero-order chi connectivity index (χ0) is 14.0. The number of amides is 1. The van der Waals surface area contributed by atoms with Crippen molar-refractivity contribution in [3.8, 4) is 0 Å². The van der Waals surface area contributed by atoms with Crippen LogP contribution < -0.4 is 0 Å². The fourth-order valence-corrected chi connectivity index (χ4v) is 2.81. The molecule has 19 heavy (non-hydrogen) atoms. The van der Waals surface area contributed by atoms with Gasteiger partial charge in [-0.25, -0.2) is 0 Å². The summed E-state index contributed by atoms with van der Waals surface area (Å²) in [5, 5.41) is 0.758. The molecule has 3 nitrogen and oxygen atoms in total. The lowest BCUT2D eigenvalue weighted by Crippen LogP contribution is -2.49. The molecular formula is C15H20BrNO2. The molecule has 1 amide bonds. The van der Waals surface area contributed by atoms with E-state index in [1.54, 1.807) is 0 Å². The lowest BCUT2D eigenvalue weighted by molar-refractivity contribution is -0.0559. The summed E-state index contributed by atoms with van der Waals surface area (Å²) in [7, 11) is 0. The smallest absolute Gasteiger partial charge is 0.254 e. The SMILES string of the molecule is Cc1cccc(C(=O)N2CC(C)OC(CBr)C2)c1C. The van der Waals surface area contributed by atoms with Crippen molar-refractivity contribution in [3.63, 3.8) is 0 Å². The van der Waals surface area contributed by atoms with Crippen LogP contribution in [0.2, 0.25) is 0 Å². The van der Waals surface area contributed by atoms with Gasteiger partial charge in [-0.1, -0.05) is 28.1 Å². The number of alkyl halides is 1. The largest absolute Gasteiger partial charge is 0.371 e. The van der Waals surface area contributed by atoms with E-state index in [-0.39, 0.29) is 18.1 Å². The van der Waals surface area contributed by atoms with Crippen molar-refractivity contribution >= 4 is 21.8 Å². The minimum Gasteiger partial charge on any atom is -0.371 e. The number of nitrogens with zero attached hydrogens (tertiary/aromatic N) is 1. The van der Waals surface area contributed by atoms with E-state index in [0.717, 1.165) is 22.0 Å². The zero-order valence-corrected chi connectivity index (χ0v) is 13.2. The molecule has 0 radical (unpaired) electrons. The van der Waals surface area contributed by atoms with E-state index in [0.29, 0.717) is 13.1 Å². The third-order valence-corrected chi connectivity index (χ3v) is 4.34. The molecule has 0 bridgehead atoms. The van der Waals surface area contributed by atoms with Gasteiger partial charge in [0.05, 0.1) is 12.2 Å². The molecule has 0 N–H and O–H groups in total. The van der Waals surface area contributed by atoms with Crippen LogP contribution in [0.4, 0.5) is 0 Å². The normalized spacial score (nSPS) is 23.5. The Balaban J connectivity index is 2.21. The van der Waals surface area contributed by atoms with Crippen LogP contribution in [0.3, 0.4) is 0 Å². The highest BCUT2D eigenvalue weighted by atomic mass is 79.9. The number of ether oxygens (including phenoxy) is 1. The van der Waals surface area contributed by atoms with Crippen LogP contribution in [0.5, 0.6) is 0 Å². The second kappa shape index (κ2) is 6.06. The number of carbonyl (C=O) groups excluding carboxylic acids is 1. The van der Waals surface area contributed by atoms with Gasteiger partial charge in [-0.15, -0.1) is 0 Å². The molecular weight excluding hydrogens is 306 g/mol. The van der Waals surface area contributed by atoms with E-state index < -0.39 is 0 Å². The molecule has 0 aliphatic carbocycles. The third-order valence-electron chi connectivity index (χ3n) is 3.62. The zero-order valence-electron chi connectivity index (χ0n) is 11.6. The van der Waals surface area contributed by atoms with Crippen molar-refractivity contribution in [1.29, 1.82) is 0 Å². The molecule has 0 spiro atoms. The minimum absolute atomic E-state index is 0.0813. The minimum atomic E-state index is 0.0813. The molecule has 1 aliphatic heterocycles. The number of benzene rings is 1. The van der Waals surface area contributed by atoms with Gasteiger partial charge in [-0.3, -0.25) is 4.79 Å². The molecule has 1 heterocycles. The highest BCUT2D eigenvalue weighted by molar-refractivity contribution is 9.09. The molecule has 2 unspecified atom stereocenters. The van der Waals surface area contributed by atoms with Gasteiger partial charge in [0.2, 0.25) is 0 Å². The van der Waals surface area contributed by atoms with Crippen molar-refractivity contribution in [3.05, 3.63) is 34.9 Å². The first kappa shape index (κ1) is 14.5. The Morgan fingerprint density at radius 1 is 1.42 bits per heavy atom. The fourth-order valence-electron chi connectivity index (χ4n) is 2.45. The van der Waals surface area contributed by atoms with Gasteiger partial charge in [-0.05, 0) is 38.0 Å². The van der Waals surface area contributed by atoms with Crippen LogP contribution in [0.1, 0.15) is 28.4 Å². The summed E-state index contributed by atoms with van der Waals surface area (Å²) in [4.78, 5) is 14.5. The number of hydrogen-bond acceptors (Lipinski definition) is 2. The highest BCUT2D eigenvalue weighted by Gasteiger charge is 2.28. The molecule has 1 saturated heterocycles. The predicted molar refractivity (Wildman–Crippen MR) is 79.9 cm³/mol. The molecule has 1 fully saturated rings. The first-order valence-electron chi connectivity index (χ1n) is 6.59. The third kappa shape index (κ3) is 3.18. The first-order chi connectivity index (χ1) is 9.02. The van der Waals surface area contributed by atoms with Crippen molar-refractivity contribution in [1.82, 2.24) is 4.90 Å². The summed E-state index contributed by atoms with van der Waals surface area (Å²) in [5.41, 5.74) is 3.04. The van der Waals surface area contributed by atoms with Crippen LogP contribution >= 0.6 is 15.9 Å². The molecule has 104 valence electrons. The second-order valence-electron chi connectivity index (χ2n) is 5.18. The van der Waals surface area contributed by atoms with E-state index in [1.807, 2.05) is 43.9 Å². The lowest BCUT2D eigenvalue weighted by Gasteiger charge is -2.36. The molecule has 1 aromatic rings. The van der Waals surface area contributed by atoms with Crippen molar-refractivity contribution in [2.24, 2.45) is 0 Å². The Bertz CT molecular complexity index is 475. The van der Waals surface area contributed by atoms with Gasteiger partial charge in [-0.2, -0.15) is 0 Å². The van der Waals surface area contributed by atoms with E-state index in [2.05, 4.69) is 15.9 Å². The average molecular weight is 326 g/mol.